The first-order valence-electron chi connectivity index (χ1n) is 5.03. The summed E-state index contributed by atoms with van der Waals surface area (Å²) in [5.41, 5.74) is 0. The molecule has 0 radical (unpaired) electrons. The minimum atomic E-state index is 0.830. The summed E-state index contributed by atoms with van der Waals surface area (Å²) in [4.78, 5) is 0. The van der Waals surface area contributed by atoms with Gasteiger partial charge in [0.1, 0.15) is 5.76 Å². The molecule has 1 aliphatic heterocycles. The van der Waals surface area contributed by atoms with E-state index in [0.29, 0.717) is 0 Å². The molecule has 0 atom stereocenters. The minimum absolute atomic E-state index is 0.830. The molecule has 0 aliphatic carbocycles. The van der Waals surface area contributed by atoms with Crippen molar-refractivity contribution < 1.29 is 4.42 Å². The summed E-state index contributed by atoms with van der Waals surface area (Å²) in [5.74, 6) is 8.10. The Kier molecular flexibility index (Phi) is 2.72. The van der Waals surface area contributed by atoms with Gasteiger partial charge >= 0.3 is 0 Å². The summed E-state index contributed by atoms with van der Waals surface area (Å²) in [5, 5.41) is 0. The molecule has 13 heavy (non-hydrogen) atoms. The fourth-order valence-electron chi connectivity index (χ4n) is 1.60. The lowest BCUT2D eigenvalue weighted by Gasteiger charge is -1.96. The summed E-state index contributed by atoms with van der Waals surface area (Å²) in [6.45, 7) is 0. The highest BCUT2D eigenvalue weighted by Gasteiger charge is 2.00. The molecule has 0 N–H and O–H groups in total. The van der Waals surface area contributed by atoms with Gasteiger partial charge in [0, 0.05) is 12.8 Å². The summed E-state index contributed by atoms with van der Waals surface area (Å²) >= 11 is 0. The lowest BCUT2D eigenvalue weighted by atomic mass is 10.1. The van der Waals surface area contributed by atoms with Crippen LogP contribution in [0.4, 0.5) is 0 Å². The summed E-state index contributed by atoms with van der Waals surface area (Å²) in [7, 11) is 0. The normalized spacial score (nSPS) is 16.9. The molecule has 1 heteroatoms. The molecule has 0 aromatic carbocycles. The van der Waals surface area contributed by atoms with Crippen molar-refractivity contribution in [3.63, 3.8) is 0 Å². The maximum absolute atomic E-state index is 5.54. The van der Waals surface area contributed by atoms with E-state index in [0.717, 1.165) is 24.4 Å². The van der Waals surface area contributed by atoms with Crippen LogP contribution in [0.5, 0.6) is 0 Å². The summed E-state index contributed by atoms with van der Waals surface area (Å²) in [6, 6.07) is 4.02. The zero-order valence-corrected chi connectivity index (χ0v) is 7.81. The number of hydrogen-bond donors (Lipinski definition) is 0. The van der Waals surface area contributed by atoms with Crippen molar-refractivity contribution in [2.75, 3.05) is 0 Å². The Labute approximate surface area is 79.1 Å². The number of furan rings is 1. The molecule has 2 heterocycles. The van der Waals surface area contributed by atoms with Crippen LogP contribution < -0.4 is 0 Å². The maximum atomic E-state index is 5.54. The van der Waals surface area contributed by atoms with Gasteiger partial charge in [-0.1, -0.05) is 18.8 Å². The van der Waals surface area contributed by atoms with E-state index in [9.17, 15) is 0 Å². The predicted molar refractivity (Wildman–Crippen MR) is 52.4 cm³/mol. The number of aryl methyl sites for hydroxylation is 1. The predicted octanol–water partition coefficient (Wildman–Crippen LogP) is 3.14. The topological polar surface area (TPSA) is 13.1 Å². The Hall–Kier alpha value is -1.16. The van der Waals surface area contributed by atoms with Crippen molar-refractivity contribution in [2.24, 2.45) is 0 Å². The van der Waals surface area contributed by atoms with E-state index in [2.05, 4.69) is 11.8 Å². The quantitative estimate of drug-likeness (QED) is 0.551. The van der Waals surface area contributed by atoms with E-state index in [1.807, 2.05) is 12.1 Å². The zero-order chi connectivity index (χ0) is 8.93. The van der Waals surface area contributed by atoms with Gasteiger partial charge in [0.25, 0.3) is 0 Å². The van der Waals surface area contributed by atoms with Crippen LogP contribution in [-0.2, 0) is 6.42 Å². The van der Waals surface area contributed by atoms with Crippen molar-refractivity contribution in [3.8, 4) is 11.8 Å². The van der Waals surface area contributed by atoms with Crippen LogP contribution in [-0.4, -0.2) is 0 Å². The Balaban J connectivity index is 2.14. The van der Waals surface area contributed by atoms with Gasteiger partial charge in [0.15, 0.2) is 5.76 Å². The first kappa shape index (κ1) is 8.44. The first-order chi connectivity index (χ1) is 6.45. The van der Waals surface area contributed by atoms with Gasteiger partial charge in [0.2, 0.25) is 0 Å². The highest BCUT2D eigenvalue weighted by atomic mass is 16.3. The van der Waals surface area contributed by atoms with Gasteiger partial charge in [-0.15, -0.1) is 0 Å². The summed E-state index contributed by atoms with van der Waals surface area (Å²) in [6.07, 6.45) is 7.17. The molecule has 1 aromatic heterocycles. The molecule has 0 unspecified atom stereocenters. The van der Waals surface area contributed by atoms with Crippen LogP contribution in [0.2, 0.25) is 0 Å². The van der Waals surface area contributed by atoms with Crippen LogP contribution in [0.3, 0.4) is 0 Å². The third-order valence-electron chi connectivity index (χ3n) is 2.35. The SMILES string of the molecule is C1#Cc2ccc(o2)CCCCCC1. The molecular weight excluding hydrogens is 160 g/mol. The van der Waals surface area contributed by atoms with E-state index in [1.54, 1.807) is 0 Å². The fourth-order valence-corrected chi connectivity index (χ4v) is 1.60. The van der Waals surface area contributed by atoms with Crippen molar-refractivity contribution in [3.05, 3.63) is 23.7 Å². The Morgan fingerprint density at radius 1 is 1.08 bits per heavy atom. The molecule has 1 aromatic rings. The molecule has 1 nitrogen and oxygen atoms in total. The van der Waals surface area contributed by atoms with Crippen molar-refractivity contribution >= 4 is 0 Å². The minimum Gasteiger partial charge on any atom is -0.453 e. The second kappa shape index (κ2) is 4.18. The number of fused-ring (bicyclic) bond motifs is 2. The van der Waals surface area contributed by atoms with Gasteiger partial charge in [-0.3, -0.25) is 0 Å². The van der Waals surface area contributed by atoms with E-state index in [1.165, 1.54) is 25.7 Å². The van der Waals surface area contributed by atoms with Crippen LogP contribution in [0, 0.1) is 11.8 Å². The van der Waals surface area contributed by atoms with Gasteiger partial charge in [-0.25, -0.2) is 0 Å². The molecule has 68 valence electrons. The van der Waals surface area contributed by atoms with Gasteiger partial charge in [0.05, 0.1) is 0 Å². The van der Waals surface area contributed by atoms with Crippen molar-refractivity contribution in [2.45, 2.75) is 38.5 Å². The van der Waals surface area contributed by atoms with Gasteiger partial charge in [-0.2, -0.15) is 0 Å². The molecule has 0 fully saturated rings. The molecule has 0 spiro atoms. The average Bonchev–Trinajstić information content (AvgIpc) is 2.52. The number of rotatable bonds is 0. The Morgan fingerprint density at radius 2 is 2.00 bits per heavy atom. The molecule has 0 saturated heterocycles. The second-order valence-electron chi connectivity index (χ2n) is 3.48. The first-order valence-corrected chi connectivity index (χ1v) is 5.03. The smallest absolute Gasteiger partial charge is 0.177 e. The largest absolute Gasteiger partial charge is 0.453 e. The molecule has 0 amide bonds. The lowest BCUT2D eigenvalue weighted by Crippen LogP contribution is -1.82. The van der Waals surface area contributed by atoms with E-state index in [4.69, 9.17) is 4.42 Å². The summed E-state index contributed by atoms with van der Waals surface area (Å²) < 4.78 is 5.54. The molecule has 1 aliphatic rings. The van der Waals surface area contributed by atoms with Crippen LogP contribution in [0.25, 0.3) is 0 Å². The second-order valence-corrected chi connectivity index (χ2v) is 3.48. The third-order valence-corrected chi connectivity index (χ3v) is 2.35. The molecule has 2 rings (SSSR count). The maximum Gasteiger partial charge on any atom is 0.177 e. The standard InChI is InChI=1S/C12H14O/c1-2-4-6-8-12-10-9-11(13-12)7-5-3-1/h9-10H,1-5,7H2. The Bertz CT molecular complexity index is 324. The van der Waals surface area contributed by atoms with Crippen molar-refractivity contribution in [1.29, 1.82) is 0 Å². The van der Waals surface area contributed by atoms with Crippen LogP contribution in [0.15, 0.2) is 16.5 Å². The van der Waals surface area contributed by atoms with E-state index < -0.39 is 0 Å². The number of hydrogen-bond acceptors (Lipinski definition) is 1. The van der Waals surface area contributed by atoms with Gasteiger partial charge < -0.3 is 4.42 Å². The highest BCUT2D eigenvalue weighted by Crippen LogP contribution is 2.13. The van der Waals surface area contributed by atoms with Crippen LogP contribution in [0.1, 0.15) is 43.6 Å². The third kappa shape index (κ3) is 2.39. The van der Waals surface area contributed by atoms with E-state index >= 15 is 0 Å². The van der Waals surface area contributed by atoms with Crippen molar-refractivity contribution in [1.82, 2.24) is 0 Å². The lowest BCUT2D eigenvalue weighted by molar-refractivity contribution is 0.486. The monoisotopic (exact) mass is 174 g/mol. The average molecular weight is 174 g/mol. The van der Waals surface area contributed by atoms with E-state index in [-0.39, 0.29) is 0 Å². The molecule has 2 bridgehead atoms. The zero-order valence-electron chi connectivity index (χ0n) is 7.81. The highest BCUT2D eigenvalue weighted by molar-refractivity contribution is 5.26. The molecule has 0 saturated carbocycles. The Morgan fingerprint density at radius 3 is 3.00 bits per heavy atom. The fraction of sp³-hybridized carbons (Fsp3) is 0.500. The molecular formula is C12H14O. The van der Waals surface area contributed by atoms with Crippen LogP contribution >= 0.6 is 0 Å². The van der Waals surface area contributed by atoms with Gasteiger partial charge in [-0.05, 0) is 30.9 Å².